The van der Waals surface area contributed by atoms with Crippen LogP contribution in [0.2, 0.25) is 0 Å². The SMILES string of the molecule is CCSc1nnc(NC(=O)c2ccccc2OCc2csc(C)n2)s1. The number of benzene rings is 1. The first kappa shape index (κ1) is 17.8. The lowest BCUT2D eigenvalue weighted by atomic mass is 10.2. The molecule has 6 nitrogen and oxygen atoms in total. The standard InChI is InChI=1S/C16H16N4O2S3/c1-3-23-16-20-19-15(25-16)18-14(21)12-6-4-5-7-13(12)22-8-11-9-24-10(2)17-11/h4-7,9H,3,8H2,1-2H3,(H,18,19,21). The van der Waals surface area contributed by atoms with Gasteiger partial charge in [0.15, 0.2) is 4.34 Å². The molecular formula is C16H16N4O2S3. The van der Waals surface area contributed by atoms with Crippen LogP contribution < -0.4 is 10.1 Å². The number of nitrogens with one attached hydrogen (secondary N) is 1. The maximum absolute atomic E-state index is 12.5. The Hall–Kier alpha value is -1.97. The summed E-state index contributed by atoms with van der Waals surface area (Å²) in [6.07, 6.45) is 0. The van der Waals surface area contributed by atoms with Gasteiger partial charge in [-0.25, -0.2) is 4.98 Å². The predicted molar refractivity (Wildman–Crippen MR) is 102 cm³/mol. The first-order chi connectivity index (χ1) is 12.2. The van der Waals surface area contributed by atoms with Gasteiger partial charge in [0.1, 0.15) is 12.4 Å². The zero-order chi connectivity index (χ0) is 17.6. The van der Waals surface area contributed by atoms with Gasteiger partial charge in [-0.3, -0.25) is 10.1 Å². The molecule has 0 radical (unpaired) electrons. The van der Waals surface area contributed by atoms with E-state index in [1.165, 1.54) is 11.3 Å². The average Bonchev–Trinajstić information content (AvgIpc) is 3.22. The lowest BCUT2D eigenvalue weighted by Gasteiger charge is -2.09. The molecule has 0 saturated carbocycles. The Kier molecular flexibility index (Phi) is 6.00. The van der Waals surface area contributed by atoms with Crippen molar-refractivity contribution in [3.8, 4) is 5.75 Å². The normalized spacial score (nSPS) is 10.6. The van der Waals surface area contributed by atoms with Crippen LogP contribution in [0.1, 0.15) is 28.0 Å². The maximum atomic E-state index is 12.5. The Bertz CT molecular complexity index is 862. The second-order valence-electron chi connectivity index (χ2n) is 4.90. The van der Waals surface area contributed by atoms with E-state index in [9.17, 15) is 4.79 Å². The summed E-state index contributed by atoms with van der Waals surface area (Å²) < 4.78 is 6.62. The highest BCUT2D eigenvalue weighted by molar-refractivity contribution is 8.01. The van der Waals surface area contributed by atoms with E-state index in [1.807, 2.05) is 25.3 Å². The van der Waals surface area contributed by atoms with Gasteiger partial charge in [-0.2, -0.15) is 0 Å². The zero-order valence-corrected chi connectivity index (χ0v) is 16.1. The number of para-hydroxylation sites is 1. The number of aromatic nitrogens is 3. The lowest BCUT2D eigenvalue weighted by Crippen LogP contribution is -2.13. The van der Waals surface area contributed by atoms with Crippen LogP contribution in [-0.4, -0.2) is 26.8 Å². The summed E-state index contributed by atoms with van der Waals surface area (Å²) >= 11 is 4.52. The number of thiazole rings is 1. The minimum atomic E-state index is -0.269. The molecule has 1 aromatic carbocycles. The number of thioether (sulfide) groups is 1. The molecular weight excluding hydrogens is 376 g/mol. The van der Waals surface area contributed by atoms with Crippen molar-refractivity contribution in [1.29, 1.82) is 0 Å². The Morgan fingerprint density at radius 1 is 1.32 bits per heavy atom. The van der Waals surface area contributed by atoms with Crippen LogP contribution in [-0.2, 0) is 6.61 Å². The van der Waals surface area contributed by atoms with Crippen molar-refractivity contribution in [1.82, 2.24) is 15.2 Å². The third-order valence-corrected chi connectivity index (χ3v) is 5.75. The molecule has 1 amide bonds. The Morgan fingerprint density at radius 3 is 2.92 bits per heavy atom. The average molecular weight is 393 g/mol. The second kappa shape index (κ2) is 8.41. The number of carbonyl (C=O) groups excluding carboxylic acids is 1. The number of ether oxygens (including phenoxy) is 1. The summed E-state index contributed by atoms with van der Waals surface area (Å²) in [5, 5.41) is 14.2. The molecule has 0 atom stereocenters. The molecule has 25 heavy (non-hydrogen) atoms. The van der Waals surface area contributed by atoms with Gasteiger partial charge in [0.25, 0.3) is 5.91 Å². The van der Waals surface area contributed by atoms with E-state index in [-0.39, 0.29) is 5.91 Å². The van der Waals surface area contributed by atoms with Gasteiger partial charge in [0.2, 0.25) is 5.13 Å². The van der Waals surface area contributed by atoms with E-state index in [1.54, 1.807) is 41.3 Å². The minimum absolute atomic E-state index is 0.269. The number of nitrogens with zero attached hydrogens (tertiary/aromatic N) is 3. The maximum Gasteiger partial charge on any atom is 0.261 e. The summed E-state index contributed by atoms with van der Waals surface area (Å²) in [4.78, 5) is 16.9. The Morgan fingerprint density at radius 2 is 2.16 bits per heavy atom. The summed E-state index contributed by atoms with van der Waals surface area (Å²) in [6, 6.07) is 7.12. The van der Waals surface area contributed by atoms with Gasteiger partial charge in [-0.15, -0.1) is 21.5 Å². The first-order valence-corrected chi connectivity index (χ1v) is 10.2. The van der Waals surface area contributed by atoms with E-state index in [0.29, 0.717) is 23.1 Å². The van der Waals surface area contributed by atoms with Crippen molar-refractivity contribution in [3.05, 3.63) is 45.9 Å². The number of carbonyl (C=O) groups is 1. The number of hydrogen-bond donors (Lipinski definition) is 1. The molecule has 0 fully saturated rings. The van der Waals surface area contributed by atoms with Crippen LogP contribution in [0.4, 0.5) is 5.13 Å². The largest absolute Gasteiger partial charge is 0.486 e. The number of aryl methyl sites for hydroxylation is 1. The lowest BCUT2D eigenvalue weighted by molar-refractivity contribution is 0.102. The third kappa shape index (κ3) is 4.77. The molecule has 130 valence electrons. The third-order valence-electron chi connectivity index (χ3n) is 3.07. The van der Waals surface area contributed by atoms with Gasteiger partial charge >= 0.3 is 0 Å². The number of anilines is 1. The van der Waals surface area contributed by atoms with Crippen LogP contribution in [0.3, 0.4) is 0 Å². The minimum Gasteiger partial charge on any atom is -0.486 e. The fraction of sp³-hybridized carbons (Fsp3) is 0.250. The molecule has 2 aromatic heterocycles. The Balaban J connectivity index is 1.69. The van der Waals surface area contributed by atoms with E-state index >= 15 is 0 Å². The number of rotatable bonds is 7. The van der Waals surface area contributed by atoms with Crippen LogP contribution in [0.15, 0.2) is 34.0 Å². The fourth-order valence-electron chi connectivity index (χ4n) is 2.01. The molecule has 2 heterocycles. The highest BCUT2D eigenvalue weighted by Gasteiger charge is 2.15. The second-order valence-corrected chi connectivity index (χ2v) is 8.45. The van der Waals surface area contributed by atoms with Gasteiger partial charge in [0, 0.05) is 5.38 Å². The van der Waals surface area contributed by atoms with Gasteiger partial charge in [-0.05, 0) is 24.8 Å². The number of amides is 1. The van der Waals surface area contributed by atoms with E-state index in [4.69, 9.17) is 4.74 Å². The molecule has 3 aromatic rings. The molecule has 0 aliphatic rings. The van der Waals surface area contributed by atoms with Crippen LogP contribution >= 0.6 is 34.4 Å². The van der Waals surface area contributed by atoms with Gasteiger partial charge < -0.3 is 4.74 Å². The topological polar surface area (TPSA) is 77.0 Å². The molecule has 3 rings (SSSR count). The summed E-state index contributed by atoms with van der Waals surface area (Å²) in [7, 11) is 0. The molecule has 0 saturated heterocycles. The monoisotopic (exact) mass is 392 g/mol. The molecule has 0 spiro atoms. The van der Waals surface area contributed by atoms with Crippen molar-refractivity contribution < 1.29 is 9.53 Å². The van der Waals surface area contributed by atoms with Crippen molar-refractivity contribution >= 4 is 45.5 Å². The molecule has 1 N–H and O–H groups in total. The smallest absolute Gasteiger partial charge is 0.261 e. The van der Waals surface area contributed by atoms with Crippen LogP contribution in [0.5, 0.6) is 5.75 Å². The van der Waals surface area contributed by atoms with Crippen molar-refractivity contribution in [2.75, 3.05) is 11.1 Å². The van der Waals surface area contributed by atoms with Crippen LogP contribution in [0, 0.1) is 6.92 Å². The highest BCUT2D eigenvalue weighted by Crippen LogP contribution is 2.26. The molecule has 0 unspecified atom stereocenters. The summed E-state index contributed by atoms with van der Waals surface area (Å²) in [6.45, 7) is 4.31. The van der Waals surface area contributed by atoms with Crippen LogP contribution in [0.25, 0.3) is 0 Å². The van der Waals surface area contributed by atoms with E-state index in [2.05, 4.69) is 20.5 Å². The summed E-state index contributed by atoms with van der Waals surface area (Å²) in [5.74, 6) is 1.16. The highest BCUT2D eigenvalue weighted by atomic mass is 32.2. The molecule has 0 aliphatic heterocycles. The summed E-state index contributed by atoms with van der Waals surface area (Å²) in [5.41, 5.74) is 1.30. The van der Waals surface area contributed by atoms with Gasteiger partial charge in [-0.1, -0.05) is 42.2 Å². The first-order valence-electron chi connectivity index (χ1n) is 7.56. The predicted octanol–water partition coefficient (Wildman–Crippen LogP) is 4.25. The van der Waals surface area contributed by atoms with E-state index < -0.39 is 0 Å². The van der Waals surface area contributed by atoms with Crippen molar-refractivity contribution in [2.45, 2.75) is 24.8 Å². The van der Waals surface area contributed by atoms with E-state index in [0.717, 1.165) is 20.8 Å². The van der Waals surface area contributed by atoms with Crippen molar-refractivity contribution in [2.24, 2.45) is 0 Å². The fourth-order valence-corrected chi connectivity index (χ4v) is 4.25. The molecule has 0 aliphatic carbocycles. The quantitative estimate of drug-likeness (QED) is 0.478. The van der Waals surface area contributed by atoms with Crippen molar-refractivity contribution in [3.63, 3.8) is 0 Å². The Labute approximate surface area is 157 Å². The molecule has 9 heteroatoms. The van der Waals surface area contributed by atoms with Gasteiger partial charge in [0.05, 0.1) is 16.3 Å². The zero-order valence-electron chi connectivity index (χ0n) is 13.7. The number of hydrogen-bond acceptors (Lipinski definition) is 8. The molecule has 0 bridgehead atoms.